The van der Waals surface area contributed by atoms with Crippen LogP contribution in [0.3, 0.4) is 0 Å². The molecule has 0 rings (SSSR count). The number of aliphatic carboxylic acids is 1. The predicted octanol–water partition coefficient (Wildman–Crippen LogP) is 1.86. The van der Waals surface area contributed by atoms with Gasteiger partial charge < -0.3 is 14.6 Å². The lowest BCUT2D eigenvalue weighted by molar-refractivity contribution is -0.147. The van der Waals surface area contributed by atoms with Crippen molar-refractivity contribution in [3.05, 3.63) is 0 Å². The summed E-state index contributed by atoms with van der Waals surface area (Å²) in [6.45, 7) is 12.6. The molecule has 5 heteroatoms. The minimum Gasteiger partial charge on any atom is -0.481 e. The Kier molecular flexibility index (Phi) is 9.83. The molecule has 0 radical (unpaired) electrons. The first-order valence-corrected chi connectivity index (χ1v) is 7.05. The maximum absolute atomic E-state index is 11.1. The summed E-state index contributed by atoms with van der Waals surface area (Å²) in [6.07, 6.45) is 0.626. The van der Waals surface area contributed by atoms with Crippen LogP contribution in [0.15, 0.2) is 0 Å². The van der Waals surface area contributed by atoms with E-state index in [1.165, 1.54) is 0 Å². The average Bonchev–Trinajstić information content (AvgIpc) is 2.35. The van der Waals surface area contributed by atoms with Crippen molar-refractivity contribution in [2.45, 2.75) is 34.1 Å². The van der Waals surface area contributed by atoms with Crippen molar-refractivity contribution in [1.82, 2.24) is 4.90 Å². The molecule has 0 unspecified atom stereocenters. The highest BCUT2D eigenvalue weighted by molar-refractivity contribution is 5.73. The Bertz CT molecular complexity index is 234. The SMILES string of the molecule is CCOCCN(CCOCC)CCC(C)(C)C(=O)O. The number of carboxylic acids is 1. The van der Waals surface area contributed by atoms with Crippen molar-refractivity contribution >= 4 is 5.97 Å². The number of rotatable bonds is 12. The van der Waals surface area contributed by atoms with Gasteiger partial charge in [-0.25, -0.2) is 0 Å². The summed E-state index contributed by atoms with van der Waals surface area (Å²) >= 11 is 0. The molecule has 0 aromatic carbocycles. The molecule has 0 spiro atoms. The summed E-state index contributed by atoms with van der Waals surface area (Å²) < 4.78 is 10.7. The number of nitrogens with zero attached hydrogens (tertiary/aromatic N) is 1. The molecule has 5 nitrogen and oxygen atoms in total. The van der Waals surface area contributed by atoms with Crippen LogP contribution in [-0.2, 0) is 14.3 Å². The average molecular weight is 275 g/mol. The third-order valence-corrected chi connectivity index (χ3v) is 3.14. The summed E-state index contributed by atoms with van der Waals surface area (Å²) in [7, 11) is 0. The van der Waals surface area contributed by atoms with E-state index in [4.69, 9.17) is 14.6 Å². The fourth-order valence-corrected chi connectivity index (χ4v) is 1.56. The highest BCUT2D eigenvalue weighted by Gasteiger charge is 2.27. The number of hydrogen-bond donors (Lipinski definition) is 1. The van der Waals surface area contributed by atoms with Crippen LogP contribution in [0.25, 0.3) is 0 Å². The Balaban J connectivity index is 4.12. The van der Waals surface area contributed by atoms with E-state index < -0.39 is 11.4 Å². The lowest BCUT2D eigenvalue weighted by Crippen LogP contribution is -2.36. The fourth-order valence-electron chi connectivity index (χ4n) is 1.56. The van der Waals surface area contributed by atoms with Gasteiger partial charge in [-0.1, -0.05) is 0 Å². The molecule has 19 heavy (non-hydrogen) atoms. The van der Waals surface area contributed by atoms with E-state index in [-0.39, 0.29) is 0 Å². The predicted molar refractivity (Wildman–Crippen MR) is 75.5 cm³/mol. The van der Waals surface area contributed by atoms with Gasteiger partial charge in [0.2, 0.25) is 0 Å². The van der Waals surface area contributed by atoms with E-state index in [2.05, 4.69) is 4.90 Å². The summed E-state index contributed by atoms with van der Waals surface area (Å²) in [4.78, 5) is 13.3. The van der Waals surface area contributed by atoms with Crippen LogP contribution in [0.5, 0.6) is 0 Å². The second-order valence-electron chi connectivity index (χ2n) is 5.17. The van der Waals surface area contributed by atoms with Crippen molar-refractivity contribution in [3.63, 3.8) is 0 Å². The second-order valence-corrected chi connectivity index (χ2v) is 5.17. The van der Waals surface area contributed by atoms with E-state index in [1.54, 1.807) is 13.8 Å². The van der Waals surface area contributed by atoms with Gasteiger partial charge in [-0.05, 0) is 40.7 Å². The molecule has 0 aliphatic heterocycles. The first-order chi connectivity index (χ1) is 8.94. The minimum absolute atomic E-state index is 0.626. The van der Waals surface area contributed by atoms with Gasteiger partial charge in [-0.15, -0.1) is 0 Å². The maximum Gasteiger partial charge on any atom is 0.309 e. The first kappa shape index (κ1) is 18.4. The van der Waals surface area contributed by atoms with E-state index in [9.17, 15) is 4.79 Å². The molecular weight excluding hydrogens is 246 g/mol. The Labute approximate surface area is 116 Å². The molecule has 0 amide bonds. The molecule has 114 valence electrons. The van der Waals surface area contributed by atoms with Crippen molar-refractivity contribution in [2.24, 2.45) is 5.41 Å². The molecule has 0 aromatic heterocycles. The van der Waals surface area contributed by atoms with E-state index in [0.29, 0.717) is 32.8 Å². The number of carbonyl (C=O) groups is 1. The molecule has 0 bridgehead atoms. The molecule has 0 saturated carbocycles. The standard InChI is InChI=1S/C14H29NO4/c1-5-18-11-9-15(10-12-19-6-2)8-7-14(3,4)13(16)17/h5-12H2,1-4H3,(H,16,17). The molecule has 1 N–H and O–H groups in total. The molecule has 0 aromatic rings. The second kappa shape index (κ2) is 10.2. The van der Waals surface area contributed by atoms with Gasteiger partial charge >= 0.3 is 5.97 Å². The summed E-state index contributed by atoms with van der Waals surface area (Å²) in [6, 6.07) is 0. The molecule has 0 fully saturated rings. The van der Waals surface area contributed by atoms with Crippen molar-refractivity contribution in [3.8, 4) is 0 Å². The normalized spacial score (nSPS) is 12.1. The smallest absolute Gasteiger partial charge is 0.309 e. The molecular formula is C14H29NO4. The van der Waals surface area contributed by atoms with E-state index in [1.807, 2.05) is 13.8 Å². The monoisotopic (exact) mass is 275 g/mol. The summed E-state index contributed by atoms with van der Waals surface area (Å²) in [5.74, 6) is -0.748. The number of ether oxygens (including phenoxy) is 2. The third-order valence-electron chi connectivity index (χ3n) is 3.14. The molecule has 0 saturated heterocycles. The zero-order valence-electron chi connectivity index (χ0n) is 12.8. The highest BCUT2D eigenvalue weighted by atomic mass is 16.5. The van der Waals surface area contributed by atoms with Gasteiger partial charge in [0.25, 0.3) is 0 Å². The Morgan fingerprint density at radius 1 is 1.05 bits per heavy atom. The number of carboxylic acid groups (broad SMARTS) is 1. The van der Waals surface area contributed by atoms with Gasteiger partial charge in [0.05, 0.1) is 18.6 Å². The molecule has 0 aliphatic carbocycles. The van der Waals surface area contributed by atoms with Gasteiger partial charge in [-0.3, -0.25) is 9.69 Å². The highest BCUT2D eigenvalue weighted by Crippen LogP contribution is 2.20. The number of hydrogen-bond acceptors (Lipinski definition) is 4. The zero-order chi connectivity index (χ0) is 14.7. The Hall–Kier alpha value is -0.650. The Morgan fingerprint density at radius 2 is 1.53 bits per heavy atom. The topological polar surface area (TPSA) is 59.0 Å². The van der Waals surface area contributed by atoms with Gasteiger partial charge in [0.1, 0.15) is 0 Å². The zero-order valence-corrected chi connectivity index (χ0v) is 12.8. The third kappa shape index (κ3) is 8.97. The largest absolute Gasteiger partial charge is 0.481 e. The van der Waals surface area contributed by atoms with E-state index >= 15 is 0 Å². The lowest BCUT2D eigenvalue weighted by atomic mass is 9.89. The van der Waals surface area contributed by atoms with Gasteiger partial charge in [0, 0.05) is 26.3 Å². The van der Waals surface area contributed by atoms with Crippen LogP contribution >= 0.6 is 0 Å². The molecule has 0 atom stereocenters. The maximum atomic E-state index is 11.1. The lowest BCUT2D eigenvalue weighted by Gasteiger charge is -2.26. The van der Waals surface area contributed by atoms with Crippen molar-refractivity contribution in [1.29, 1.82) is 0 Å². The molecule has 0 aliphatic rings. The van der Waals surface area contributed by atoms with E-state index in [0.717, 1.165) is 19.6 Å². The molecule has 0 heterocycles. The summed E-state index contributed by atoms with van der Waals surface area (Å²) in [5.41, 5.74) is -0.685. The van der Waals surface area contributed by atoms with Gasteiger partial charge in [0.15, 0.2) is 0 Å². The minimum atomic E-state index is -0.748. The fraction of sp³-hybridized carbons (Fsp3) is 0.929. The van der Waals surface area contributed by atoms with Crippen LogP contribution in [0.1, 0.15) is 34.1 Å². The Morgan fingerprint density at radius 3 is 1.89 bits per heavy atom. The van der Waals surface area contributed by atoms with Crippen molar-refractivity contribution < 1.29 is 19.4 Å². The van der Waals surface area contributed by atoms with Crippen LogP contribution in [0.2, 0.25) is 0 Å². The summed E-state index contributed by atoms with van der Waals surface area (Å²) in [5, 5.41) is 9.11. The van der Waals surface area contributed by atoms with Crippen LogP contribution in [0, 0.1) is 5.41 Å². The quantitative estimate of drug-likeness (QED) is 0.551. The van der Waals surface area contributed by atoms with Crippen molar-refractivity contribution in [2.75, 3.05) is 46.1 Å². The van der Waals surface area contributed by atoms with Gasteiger partial charge in [-0.2, -0.15) is 0 Å². The van der Waals surface area contributed by atoms with Crippen LogP contribution in [-0.4, -0.2) is 62.0 Å². The van der Waals surface area contributed by atoms with Crippen LogP contribution in [0.4, 0.5) is 0 Å². The first-order valence-electron chi connectivity index (χ1n) is 7.05. The van der Waals surface area contributed by atoms with Crippen LogP contribution < -0.4 is 0 Å².